The molecule has 6 nitrogen and oxygen atoms in total. The van der Waals surface area contributed by atoms with E-state index >= 15 is 0 Å². The van der Waals surface area contributed by atoms with E-state index in [0.717, 1.165) is 54.0 Å². The van der Waals surface area contributed by atoms with Gasteiger partial charge in [0.05, 0.1) is 23.9 Å². The Morgan fingerprint density at radius 3 is 2.74 bits per heavy atom. The number of nitrogens with zero attached hydrogens (tertiary/aromatic N) is 2. The van der Waals surface area contributed by atoms with Gasteiger partial charge in [-0.05, 0) is 55.7 Å². The molecule has 1 N–H and O–H groups in total. The molecule has 0 saturated carbocycles. The van der Waals surface area contributed by atoms with Gasteiger partial charge in [0.1, 0.15) is 11.6 Å². The Morgan fingerprint density at radius 2 is 1.90 bits per heavy atom. The Labute approximate surface area is 181 Å². The summed E-state index contributed by atoms with van der Waals surface area (Å²) in [4.78, 5) is 16.8. The van der Waals surface area contributed by atoms with Gasteiger partial charge in [0, 0.05) is 19.5 Å². The van der Waals surface area contributed by atoms with E-state index in [1.54, 1.807) is 12.1 Å². The van der Waals surface area contributed by atoms with Gasteiger partial charge in [0.15, 0.2) is 5.76 Å². The van der Waals surface area contributed by atoms with Crippen molar-refractivity contribution in [2.75, 3.05) is 13.2 Å². The Kier molecular flexibility index (Phi) is 6.67. The Hall–Kier alpha value is -3.54. The number of para-hydroxylation sites is 3. The average molecular weight is 418 g/mol. The molecule has 0 saturated heterocycles. The quantitative estimate of drug-likeness (QED) is 0.378. The SMILES string of the molecule is Cc1ccccc1OCCCn1c(CCCNC(=O)c2ccco2)nc2ccccc21. The number of ether oxygens (including phenoxy) is 1. The van der Waals surface area contributed by atoms with Gasteiger partial charge in [0.2, 0.25) is 0 Å². The van der Waals surface area contributed by atoms with Crippen molar-refractivity contribution in [1.82, 2.24) is 14.9 Å². The molecule has 2 aromatic heterocycles. The number of fused-ring (bicyclic) bond motifs is 1. The number of carbonyl (C=O) groups is 1. The van der Waals surface area contributed by atoms with Crippen LogP contribution in [0.15, 0.2) is 71.3 Å². The molecular formula is C25H27N3O3. The second kappa shape index (κ2) is 9.98. The van der Waals surface area contributed by atoms with Crippen molar-refractivity contribution in [2.24, 2.45) is 0 Å². The molecular weight excluding hydrogens is 390 g/mol. The van der Waals surface area contributed by atoms with Gasteiger partial charge in [0.25, 0.3) is 5.91 Å². The van der Waals surface area contributed by atoms with E-state index in [4.69, 9.17) is 14.1 Å². The van der Waals surface area contributed by atoms with Gasteiger partial charge >= 0.3 is 0 Å². The number of nitrogens with one attached hydrogen (secondary N) is 1. The van der Waals surface area contributed by atoms with Crippen LogP contribution in [0.4, 0.5) is 0 Å². The summed E-state index contributed by atoms with van der Waals surface area (Å²) in [6, 6.07) is 19.6. The maximum atomic E-state index is 12.0. The monoisotopic (exact) mass is 417 g/mol. The van der Waals surface area contributed by atoms with Gasteiger partial charge in [-0.25, -0.2) is 4.98 Å². The normalized spacial score (nSPS) is 11.0. The third-order valence-electron chi connectivity index (χ3n) is 5.22. The summed E-state index contributed by atoms with van der Waals surface area (Å²) in [5, 5.41) is 2.89. The van der Waals surface area contributed by atoms with Crippen molar-refractivity contribution < 1.29 is 13.9 Å². The first-order valence-electron chi connectivity index (χ1n) is 10.7. The van der Waals surface area contributed by atoms with Crippen LogP contribution in [0.5, 0.6) is 5.75 Å². The summed E-state index contributed by atoms with van der Waals surface area (Å²) in [6.07, 6.45) is 3.97. The highest BCUT2D eigenvalue weighted by Gasteiger charge is 2.11. The molecule has 1 amide bonds. The van der Waals surface area contributed by atoms with Crippen molar-refractivity contribution in [3.05, 3.63) is 84.1 Å². The molecule has 2 aromatic carbocycles. The summed E-state index contributed by atoms with van der Waals surface area (Å²) < 4.78 is 13.3. The van der Waals surface area contributed by atoms with Gasteiger partial charge < -0.3 is 19.0 Å². The molecule has 0 atom stereocenters. The lowest BCUT2D eigenvalue weighted by molar-refractivity contribution is 0.0925. The fraction of sp³-hybridized carbons (Fsp3) is 0.280. The van der Waals surface area contributed by atoms with Gasteiger partial charge in [-0.1, -0.05) is 30.3 Å². The van der Waals surface area contributed by atoms with Crippen molar-refractivity contribution in [2.45, 2.75) is 32.7 Å². The number of benzene rings is 2. The van der Waals surface area contributed by atoms with Crippen LogP contribution in [0.3, 0.4) is 0 Å². The fourth-order valence-corrected chi connectivity index (χ4v) is 3.63. The third kappa shape index (κ3) is 5.15. The Bertz CT molecular complexity index is 1130. The first-order valence-corrected chi connectivity index (χ1v) is 10.7. The van der Waals surface area contributed by atoms with E-state index in [9.17, 15) is 4.79 Å². The largest absolute Gasteiger partial charge is 0.493 e. The lowest BCUT2D eigenvalue weighted by Gasteiger charge is -2.12. The number of amides is 1. The average Bonchev–Trinajstić information content (AvgIpc) is 3.44. The van der Waals surface area contributed by atoms with E-state index in [1.807, 2.05) is 36.4 Å². The zero-order valence-electron chi connectivity index (χ0n) is 17.7. The lowest BCUT2D eigenvalue weighted by Crippen LogP contribution is -2.24. The first kappa shape index (κ1) is 20.7. The van der Waals surface area contributed by atoms with E-state index in [-0.39, 0.29) is 5.91 Å². The summed E-state index contributed by atoms with van der Waals surface area (Å²) >= 11 is 0. The summed E-state index contributed by atoms with van der Waals surface area (Å²) in [5.74, 6) is 2.11. The number of rotatable bonds is 10. The minimum absolute atomic E-state index is 0.188. The number of aromatic nitrogens is 2. The minimum Gasteiger partial charge on any atom is -0.493 e. The van der Waals surface area contributed by atoms with Gasteiger partial charge in [-0.3, -0.25) is 4.79 Å². The number of hydrogen-bond acceptors (Lipinski definition) is 4. The van der Waals surface area contributed by atoms with E-state index in [1.165, 1.54) is 6.26 Å². The molecule has 0 spiro atoms. The molecule has 4 rings (SSSR count). The molecule has 0 fully saturated rings. The lowest BCUT2D eigenvalue weighted by atomic mass is 10.2. The minimum atomic E-state index is -0.188. The van der Waals surface area contributed by atoms with E-state index in [2.05, 4.69) is 28.9 Å². The number of hydrogen-bond donors (Lipinski definition) is 1. The van der Waals surface area contributed by atoms with Crippen LogP contribution in [0.25, 0.3) is 11.0 Å². The van der Waals surface area contributed by atoms with Crippen LogP contribution in [0.1, 0.15) is 34.8 Å². The summed E-state index contributed by atoms with van der Waals surface area (Å²) in [6.45, 7) is 4.11. The molecule has 0 aliphatic carbocycles. The molecule has 0 unspecified atom stereocenters. The number of imidazole rings is 1. The highest BCUT2D eigenvalue weighted by atomic mass is 16.5. The van der Waals surface area contributed by atoms with Gasteiger partial charge in [-0.2, -0.15) is 0 Å². The predicted molar refractivity (Wildman–Crippen MR) is 120 cm³/mol. The van der Waals surface area contributed by atoms with Crippen molar-refractivity contribution in [3.8, 4) is 5.75 Å². The summed E-state index contributed by atoms with van der Waals surface area (Å²) in [5.41, 5.74) is 3.28. The fourth-order valence-electron chi connectivity index (χ4n) is 3.63. The van der Waals surface area contributed by atoms with Crippen LogP contribution in [0, 0.1) is 6.92 Å². The molecule has 4 aromatic rings. The molecule has 0 aliphatic heterocycles. The third-order valence-corrected chi connectivity index (χ3v) is 5.22. The van der Waals surface area contributed by atoms with Crippen LogP contribution in [-0.4, -0.2) is 28.6 Å². The molecule has 0 radical (unpaired) electrons. The van der Waals surface area contributed by atoms with Crippen LogP contribution in [0.2, 0.25) is 0 Å². The summed E-state index contributed by atoms with van der Waals surface area (Å²) in [7, 11) is 0. The topological polar surface area (TPSA) is 69.3 Å². The second-order valence-corrected chi connectivity index (χ2v) is 7.47. The predicted octanol–water partition coefficient (Wildman–Crippen LogP) is 4.77. The molecule has 0 aliphatic rings. The van der Waals surface area contributed by atoms with Crippen LogP contribution in [-0.2, 0) is 13.0 Å². The van der Waals surface area contributed by atoms with Gasteiger partial charge in [-0.15, -0.1) is 0 Å². The zero-order chi connectivity index (χ0) is 21.5. The standard InChI is InChI=1S/C25H27N3O3/c1-19-9-2-5-12-22(19)30-18-8-16-28-21-11-4-3-10-20(21)27-24(28)14-6-15-26-25(29)23-13-7-17-31-23/h2-5,7,9-13,17H,6,8,14-16,18H2,1H3,(H,26,29). The highest BCUT2D eigenvalue weighted by molar-refractivity contribution is 5.91. The molecule has 31 heavy (non-hydrogen) atoms. The molecule has 0 bridgehead atoms. The van der Waals surface area contributed by atoms with Crippen LogP contribution < -0.4 is 10.1 Å². The Balaban J connectivity index is 1.34. The highest BCUT2D eigenvalue weighted by Crippen LogP contribution is 2.19. The van der Waals surface area contributed by atoms with Crippen molar-refractivity contribution in [3.63, 3.8) is 0 Å². The smallest absolute Gasteiger partial charge is 0.286 e. The molecule has 6 heteroatoms. The molecule has 2 heterocycles. The number of aryl methyl sites for hydroxylation is 3. The maximum absolute atomic E-state index is 12.0. The maximum Gasteiger partial charge on any atom is 0.286 e. The van der Waals surface area contributed by atoms with Crippen molar-refractivity contribution in [1.29, 1.82) is 0 Å². The molecule has 160 valence electrons. The van der Waals surface area contributed by atoms with Crippen LogP contribution >= 0.6 is 0 Å². The van der Waals surface area contributed by atoms with Crippen molar-refractivity contribution >= 4 is 16.9 Å². The number of furan rings is 1. The first-order chi connectivity index (χ1) is 15.2. The zero-order valence-corrected chi connectivity index (χ0v) is 17.7. The van der Waals surface area contributed by atoms with E-state index in [0.29, 0.717) is 18.9 Å². The Morgan fingerprint density at radius 1 is 1.06 bits per heavy atom. The van der Waals surface area contributed by atoms with E-state index < -0.39 is 0 Å². The second-order valence-electron chi connectivity index (χ2n) is 7.47. The number of carbonyl (C=O) groups excluding carboxylic acids is 1.